The summed E-state index contributed by atoms with van der Waals surface area (Å²) in [4.78, 5) is 21.8. The second kappa shape index (κ2) is 5.02. The molecule has 0 bridgehead atoms. The van der Waals surface area contributed by atoms with Gasteiger partial charge < -0.3 is 5.11 Å². The first-order valence-electron chi connectivity index (χ1n) is 5.28. The zero-order valence-electron chi connectivity index (χ0n) is 9.88. The first-order valence-corrected chi connectivity index (χ1v) is 5.68. The molecule has 0 aliphatic carbocycles. The van der Waals surface area contributed by atoms with Crippen LogP contribution in [0.3, 0.4) is 0 Å². The summed E-state index contributed by atoms with van der Waals surface area (Å²) in [5.74, 6) is -1.04. The number of nitrogens with one attached hydrogen (secondary N) is 2. The minimum absolute atomic E-state index is 0.167. The predicted octanol–water partition coefficient (Wildman–Crippen LogP) is 1.59. The number of carbonyl (C=O) groups excluding carboxylic acids is 1. The molecular formula is C11H10N4O3S. The third-order valence-corrected chi connectivity index (χ3v) is 2.61. The number of aromatic amines is 1. The molecule has 19 heavy (non-hydrogen) atoms. The molecule has 0 aliphatic rings. The second-order valence-corrected chi connectivity index (χ2v) is 4.11. The van der Waals surface area contributed by atoms with E-state index >= 15 is 0 Å². The summed E-state index contributed by atoms with van der Waals surface area (Å²) in [5.41, 5.74) is 0.771. The molecule has 0 fully saturated rings. The van der Waals surface area contributed by atoms with E-state index in [1.165, 1.54) is 23.6 Å². The van der Waals surface area contributed by atoms with Gasteiger partial charge in [-0.2, -0.15) is 0 Å². The number of amides is 1. The molecule has 0 aliphatic heterocycles. The Bertz CT molecular complexity index is 687. The van der Waals surface area contributed by atoms with Crippen molar-refractivity contribution in [1.29, 1.82) is 0 Å². The zero-order chi connectivity index (χ0) is 14.0. The van der Waals surface area contributed by atoms with E-state index in [0.717, 1.165) is 0 Å². The van der Waals surface area contributed by atoms with E-state index in [-0.39, 0.29) is 17.4 Å². The molecule has 0 unspecified atom stereocenters. The maximum atomic E-state index is 11.1. The molecule has 1 amide bonds. The number of hydrogen-bond donors (Lipinski definition) is 3. The molecule has 1 aromatic carbocycles. The summed E-state index contributed by atoms with van der Waals surface area (Å²) >= 11 is 5.07. The highest BCUT2D eigenvalue weighted by molar-refractivity contribution is 7.71. The van der Waals surface area contributed by atoms with Crippen molar-refractivity contribution in [3.05, 3.63) is 34.6 Å². The maximum absolute atomic E-state index is 11.1. The van der Waals surface area contributed by atoms with Crippen LogP contribution in [0, 0.1) is 4.77 Å². The summed E-state index contributed by atoms with van der Waals surface area (Å²) in [6.45, 7) is 1.36. The van der Waals surface area contributed by atoms with Crippen molar-refractivity contribution in [1.82, 2.24) is 14.8 Å². The molecule has 0 spiro atoms. The quantitative estimate of drug-likeness (QED) is 0.740. The van der Waals surface area contributed by atoms with Gasteiger partial charge in [0.25, 0.3) is 0 Å². The number of benzene rings is 1. The molecule has 0 atom stereocenters. The van der Waals surface area contributed by atoms with Crippen LogP contribution in [0.25, 0.3) is 5.69 Å². The van der Waals surface area contributed by atoms with Crippen LogP contribution in [-0.2, 0) is 4.79 Å². The van der Waals surface area contributed by atoms with Crippen molar-refractivity contribution in [2.24, 2.45) is 0 Å². The lowest BCUT2D eigenvalue weighted by Gasteiger charge is -2.06. The third kappa shape index (κ3) is 2.68. The summed E-state index contributed by atoms with van der Waals surface area (Å²) in [6, 6.07) is 6.06. The molecule has 8 heteroatoms. The van der Waals surface area contributed by atoms with Gasteiger partial charge in [0.1, 0.15) is 0 Å². The van der Waals surface area contributed by atoms with E-state index < -0.39 is 5.97 Å². The minimum atomic E-state index is -1.01. The molecule has 0 radical (unpaired) electrons. The summed E-state index contributed by atoms with van der Waals surface area (Å²) in [6.07, 6.45) is 0. The van der Waals surface area contributed by atoms with Crippen molar-refractivity contribution >= 4 is 30.0 Å². The van der Waals surface area contributed by atoms with Gasteiger partial charge >= 0.3 is 5.97 Å². The van der Waals surface area contributed by atoms with Gasteiger partial charge in [-0.15, -0.1) is 5.10 Å². The number of hydrogen-bond acceptors (Lipinski definition) is 4. The van der Waals surface area contributed by atoms with E-state index in [1.54, 1.807) is 12.1 Å². The number of aromatic nitrogens is 3. The van der Waals surface area contributed by atoms with Crippen molar-refractivity contribution in [3.63, 3.8) is 0 Å². The molecule has 98 valence electrons. The molecule has 0 saturated heterocycles. The maximum Gasteiger partial charge on any atom is 0.335 e. The van der Waals surface area contributed by atoms with Gasteiger partial charge in [0.05, 0.1) is 11.3 Å². The molecular weight excluding hydrogens is 268 g/mol. The van der Waals surface area contributed by atoms with Crippen LogP contribution in [0.1, 0.15) is 17.3 Å². The Hall–Kier alpha value is -2.48. The molecule has 7 nitrogen and oxygen atoms in total. The van der Waals surface area contributed by atoms with Gasteiger partial charge in [0.2, 0.25) is 16.6 Å². The van der Waals surface area contributed by atoms with Crippen LogP contribution in [-0.4, -0.2) is 31.7 Å². The number of aromatic carboxylic acids is 1. The average molecular weight is 278 g/mol. The number of anilines is 1. The third-order valence-electron chi connectivity index (χ3n) is 2.33. The SMILES string of the molecule is CC(=O)Nc1n[nH]c(=S)n1-c1ccc(C(=O)O)cc1. The number of carboxylic acids is 1. The normalized spacial score (nSPS) is 10.2. The van der Waals surface area contributed by atoms with E-state index in [4.69, 9.17) is 17.3 Å². The smallest absolute Gasteiger partial charge is 0.335 e. The summed E-state index contributed by atoms with van der Waals surface area (Å²) < 4.78 is 1.80. The van der Waals surface area contributed by atoms with E-state index in [1.807, 2.05) is 0 Å². The van der Waals surface area contributed by atoms with E-state index in [0.29, 0.717) is 10.5 Å². The monoisotopic (exact) mass is 278 g/mol. The highest BCUT2D eigenvalue weighted by Gasteiger charge is 2.10. The first kappa shape index (κ1) is 13.0. The first-order chi connectivity index (χ1) is 8.99. The number of rotatable bonds is 3. The Morgan fingerprint density at radius 3 is 2.53 bits per heavy atom. The molecule has 2 aromatic rings. The second-order valence-electron chi connectivity index (χ2n) is 3.72. The van der Waals surface area contributed by atoms with Crippen LogP contribution in [0.5, 0.6) is 0 Å². The molecule has 1 heterocycles. The Labute approximate surface area is 112 Å². The van der Waals surface area contributed by atoms with Crippen LogP contribution in [0.2, 0.25) is 0 Å². The Morgan fingerprint density at radius 1 is 1.37 bits per heavy atom. The molecule has 3 N–H and O–H groups in total. The molecule has 0 saturated carbocycles. The van der Waals surface area contributed by atoms with E-state index in [2.05, 4.69) is 15.5 Å². The number of carboxylic acid groups (broad SMARTS) is 1. The number of carbonyl (C=O) groups is 2. The van der Waals surface area contributed by atoms with Gasteiger partial charge in [0.15, 0.2) is 0 Å². The highest BCUT2D eigenvalue weighted by atomic mass is 32.1. The van der Waals surface area contributed by atoms with Crippen LogP contribution in [0.4, 0.5) is 5.95 Å². The lowest BCUT2D eigenvalue weighted by molar-refractivity contribution is -0.114. The lowest BCUT2D eigenvalue weighted by Crippen LogP contribution is -2.11. The van der Waals surface area contributed by atoms with Gasteiger partial charge in [-0.1, -0.05) is 0 Å². The fraction of sp³-hybridized carbons (Fsp3) is 0.0909. The number of nitrogens with zero attached hydrogens (tertiary/aromatic N) is 2. The molecule has 1 aromatic heterocycles. The Balaban J connectivity index is 2.46. The van der Waals surface area contributed by atoms with Gasteiger partial charge in [0, 0.05) is 6.92 Å². The standard InChI is InChI=1S/C11H10N4O3S/c1-6(16)12-10-13-14-11(19)15(10)8-4-2-7(3-5-8)9(17)18/h2-5H,1H3,(H,14,19)(H,17,18)(H,12,13,16). The van der Waals surface area contributed by atoms with Crippen molar-refractivity contribution < 1.29 is 14.7 Å². The largest absolute Gasteiger partial charge is 0.478 e. The van der Waals surface area contributed by atoms with E-state index in [9.17, 15) is 9.59 Å². The minimum Gasteiger partial charge on any atom is -0.478 e. The fourth-order valence-corrected chi connectivity index (χ4v) is 1.77. The highest BCUT2D eigenvalue weighted by Crippen LogP contribution is 2.15. The van der Waals surface area contributed by atoms with Crippen LogP contribution < -0.4 is 5.32 Å². The van der Waals surface area contributed by atoms with Gasteiger partial charge in [-0.05, 0) is 36.5 Å². The topological polar surface area (TPSA) is 100 Å². The van der Waals surface area contributed by atoms with Gasteiger partial charge in [-0.3, -0.25) is 14.7 Å². The van der Waals surface area contributed by atoms with Crippen molar-refractivity contribution in [2.75, 3.05) is 5.32 Å². The van der Waals surface area contributed by atoms with Crippen molar-refractivity contribution in [3.8, 4) is 5.69 Å². The average Bonchev–Trinajstić information content (AvgIpc) is 2.70. The lowest BCUT2D eigenvalue weighted by atomic mass is 10.2. The van der Waals surface area contributed by atoms with Crippen LogP contribution in [0.15, 0.2) is 24.3 Å². The predicted molar refractivity (Wildman–Crippen MR) is 70.0 cm³/mol. The van der Waals surface area contributed by atoms with Crippen molar-refractivity contribution in [2.45, 2.75) is 6.92 Å². The fourth-order valence-electron chi connectivity index (χ4n) is 1.53. The Morgan fingerprint density at radius 2 is 2.00 bits per heavy atom. The zero-order valence-corrected chi connectivity index (χ0v) is 10.7. The Kier molecular flexibility index (Phi) is 3.43. The summed E-state index contributed by atoms with van der Waals surface area (Å²) in [7, 11) is 0. The molecule has 2 rings (SSSR count). The van der Waals surface area contributed by atoms with Gasteiger partial charge in [-0.25, -0.2) is 9.89 Å². The van der Waals surface area contributed by atoms with Crippen LogP contribution >= 0.6 is 12.2 Å². The number of H-pyrrole nitrogens is 1. The summed E-state index contributed by atoms with van der Waals surface area (Å²) in [5, 5.41) is 17.8.